The summed E-state index contributed by atoms with van der Waals surface area (Å²) in [6.45, 7) is 3.93. The van der Waals surface area contributed by atoms with Crippen molar-refractivity contribution in [3.63, 3.8) is 0 Å². The van der Waals surface area contributed by atoms with Crippen LogP contribution in [-0.4, -0.2) is 15.0 Å². The number of aromatic nitrogens is 3. The summed E-state index contributed by atoms with van der Waals surface area (Å²) in [5.41, 5.74) is 7.38. The molecule has 0 aromatic carbocycles. The van der Waals surface area contributed by atoms with E-state index in [0.29, 0.717) is 5.75 Å². The maximum Gasteiger partial charge on any atom is 0.243 e. The fraction of sp³-hybridized carbons (Fsp3) is 0.250. The zero-order valence-electron chi connectivity index (χ0n) is 10.1. The first kappa shape index (κ1) is 12.6. The van der Waals surface area contributed by atoms with Crippen molar-refractivity contribution in [3.05, 3.63) is 34.9 Å². The Hall–Kier alpha value is -1.88. The monoisotopic (exact) mass is 264 g/mol. The molecule has 0 saturated carbocycles. The molecule has 0 saturated heterocycles. The molecule has 0 amide bonds. The summed E-state index contributed by atoms with van der Waals surface area (Å²) in [7, 11) is 0. The van der Waals surface area contributed by atoms with E-state index in [2.05, 4.69) is 15.0 Å². The van der Waals surface area contributed by atoms with E-state index in [4.69, 9.17) is 22.1 Å². The van der Waals surface area contributed by atoms with Crippen molar-refractivity contribution >= 4 is 17.4 Å². The summed E-state index contributed by atoms with van der Waals surface area (Å²) in [5, 5.41) is 0.208. The highest BCUT2D eigenvalue weighted by atomic mass is 35.5. The molecule has 0 aliphatic heterocycles. The van der Waals surface area contributed by atoms with Gasteiger partial charge in [0.1, 0.15) is 17.2 Å². The number of aryl methyl sites for hydroxylation is 2. The SMILES string of the molecule is CCc1nc(C)ccc1Oc1ncnc(N)c1Cl. The smallest absolute Gasteiger partial charge is 0.243 e. The molecule has 5 nitrogen and oxygen atoms in total. The molecule has 2 rings (SSSR count). The zero-order chi connectivity index (χ0) is 13.1. The lowest BCUT2D eigenvalue weighted by atomic mass is 10.2. The molecular formula is C12H13ClN4O. The number of ether oxygens (including phenoxy) is 1. The second-order valence-electron chi connectivity index (χ2n) is 3.73. The van der Waals surface area contributed by atoms with Crippen molar-refractivity contribution in [2.45, 2.75) is 20.3 Å². The molecule has 0 radical (unpaired) electrons. The Morgan fingerprint density at radius 3 is 2.83 bits per heavy atom. The Balaban J connectivity index is 2.37. The summed E-state index contributed by atoms with van der Waals surface area (Å²) in [5.74, 6) is 1.06. The average molecular weight is 265 g/mol. The van der Waals surface area contributed by atoms with Crippen LogP contribution < -0.4 is 10.5 Å². The van der Waals surface area contributed by atoms with E-state index in [-0.39, 0.29) is 16.7 Å². The number of nitrogens with zero attached hydrogens (tertiary/aromatic N) is 3. The first-order valence-electron chi connectivity index (χ1n) is 5.52. The van der Waals surface area contributed by atoms with Gasteiger partial charge < -0.3 is 10.5 Å². The zero-order valence-corrected chi connectivity index (χ0v) is 10.9. The van der Waals surface area contributed by atoms with Gasteiger partial charge in [-0.05, 0) is 25.5 Å². The molecule has 0 fully saturated rings. The van der Waals surface area contributed by atoms with E-state index < -0.39 is 0 Å². The van der Waals surface area contributed by atoms with Gasteiger partial charge in [-0.1, -0.05) is 18.5 Å². The van der Waals surface area contributed by atoms with Gasteiger partial charge >= 0.3 is 0 Å². The van der Waals surface area contributed by atoms with Crippen LogP contribution in [0.2, 0.25) is 5.02 Å². The Bertz CT molecular complexity index is 574. The van der Waals surface area contributed by atoms with Gasteiger partial charge in [-0.25, -0.2) is 4.98 Å². The van der Waals surface area contributed by atoms with Crippen LogP contribution in [0.1, 0.15) is 18.3 Å². The largest absolute Gasteiger partial charge is 0.435 e. The van der Waals surface area contributed by atoms with Crippen LogP contribution in [0.4, 0.5) is 5.82 Å². The highest BCUT2D eigenvalue weighted by Gasteiger charge is 2.11. The Morgan fingerprint density at radius 2 is 2.11 bits per heavy atom. The van der Waals surface area contributed by atoms with Crippen LogP contribution in [0.3, 0.4) is 0 Å². The molecule has 2 N–H and O–H groups in total. The number of nitrogens with two attached hydrogens (primary N) is 1. The normalized spacial score (nSPS) is 10.4. The van der Waals surface area contributed by atoms with Crippen molar-refractivity contribution in [2.24, 2.45) is 0 Å². The van der Waals surface area contributed by atoms with E-state index in [1.165, 1.54) is 6.33 Å². The van der Waals surface area contributed by atoms with Crippen molar-refractivity contribution < 1.29 is 4.74 Å². The minimum absolute atomic E-state index is 0.194. The molecule has 0 aliphatic rings. The quantitative estimate of drug-likeness (QED) is 0.923. The Labute approximate surface area is 110 Å². The van der Waals surface area contributed by atoms with Crippen LogP contribution in [0.5, 0.6) is 11.6 Å². The second kappa shape index (κ2) is 5.18. The van der Waals surface area contributed by atoms with Crippen LogP contribution in [-0.2, 0) is 6.42 Å². The van der Waals surface area contributed by atoms with E-state index in [1.807, 2.05) is 26.0 Å². The molecule has 2 heterocycles. The predicted molar refractivity (Wildman–Crippen MR) is 69.9 cm³/mol. The highest BCUT2D eigenvalue weighted by Crippen LogP contribution is 2.31. The second-order valence-corrected chi connectivity index (χ2v) is 4.11. The summed E-state index contributed by atoms with van der Waals surface area (Å²) in [6.07, 6.45) is 2.07. The number of nitrogen functional groups attached to an aromatic ring is 1. The molecule has 2 aromatic heterocycles. The third-order valence-corrected chi connectivity index (χ3v) is 2.75. The van der Waals surface area contributed by atoms with Gasteiger partial charge in [0.05, 0.1) is 5.69 Å². The van der Waals surface area contributed by atoms with Crippen molar-refractivity contribution in [1.29, 1.82) is 0 Å². The first-order chi connectivity index (χ1) is 8.61. The minimum Gasteiger partial charge on any atom is -0.435 e. The predicted octanol–water partition coefficient (Wildman–Crippen LogP) is 2.77. The van der Waals surface area contributed by atoms with Gasteiger partial charge in [0.25, 0.3) is 0 Å². The Kier molecular flexibility index (Phi) is 3.62. The maximum atomic E-state index is 5.97. The van der Waals surface area contributed by atoms with E-state index in [9.17, 15) is 0 Å². The third-order valence-electron chi connectivity index (χ3n) is 2.40. The number of rotatable bonds is 3. The molecular weight excluding hydrogens is 252 g/mol. The van der Waals surface area contributed by atoms with E-state index in [1.54, 1.807) is 0 Å². The lowest BCUT2D eigenvalue weighted by molar-refractivity contribution is 0.453. The number of hydrogen-bond acceptors (Lipinski definition) is 5. The molecule has 18 heavy (non-hydrogen) atoms. The molecule has 0 atom stereocenters. The first-order valence-corrected chi connectivity index (χ1v) is 5.90. The van der Waals surface area contributed by atoms with Gasteiger partial charge in [-0.2, -0.15) is 4.98 Å². The van der Waals surface area contributed by atoms with Gasteiger partial charge in [-0.3, -0.25) is 4.98 Å². The lowest BCUT2D eigenvalue weighted by Gasteiger charge is -2.10. The van der Waals surface area contributed by atoms with Crippen LogP contribution in [0.25, 0.3) is 0 Å². The molecule has 0 aliphatic carbocycles. The molecule has 0 bridgehead atoms. The van der Waals surface area contributed by atoms with Crippen LogP contribution in [0.15, 0.2) is 18.5 Å². The topological polar surface area (TPSA) is 73.9 Å². The molecule has 94 valence electrons. The Morgan fingerprint density at radius 1 is 1.33 bits per heavy atom. The lowest BCUT2D eigenvalue weighted by Crippen LogP contribution is -1.99. The van der Waals surface area contributed by atoms with E-state index >= 15 is 0 Å². The molecule has 0 unspecified atom stereocenters. The number of halogens is 1. The molecule has 6 heteroatoms. The fourth-order valence-corrected chi connectivity index (χ4v) is 1.62. The van der Waals surface area contributed by atoms with Gasteiger partial charge in [-0.15, -0.1) is 0 Å². The number of anilines is 1. The average Bonchev–Trinajstić information content (AvgIpc) is 2.37. The standard InChI is InChI=1S/C12H13ClN4O/c1-3-8-9(5-4-7(2)17-8)18-12-10(13)11(14)15-6-16-12/h4-6H,3H2,1-2H3,(H2,14,15,16). The highest BCUT2D eigenvalue weighted by molar-refractivity contribution is 6.34. The van der Waals surface area contributed by atoms with E-state index in [0.717, 1.165) is 17.8 Å². The summed E-state index contributed by atoms with van der Waals surface area (Å²) in [6, 6.07) is 3.71. The maximum absolute atomic E-state index is 5.97. The molecule has 2 aromatic rings. The minimum atomic E-state index is 0.194. The summed E-state index contributed by atoms with van der Waals surface area (Å²) >= 11 is 5.97. The fourth-order valence-electron chi connectivity index (χ4n) is 1.49. The van der Waals surface area contributed by atoms with Crippen molar-refractivity contribution in [2.75, 3.05) is 5.73 Å². The van der Waals surface area contributed by atoms with Gasteiger partial charge in [0.15, 0.2) is 5.75 Å². The van der Waals surface area contributed by atoms with Gasteiger partial charge in [0, 0.05) is 5.69 Å². The molecule has 0 spiro atoms. The van der Waals surface area contributed by atoms with Crippen LogP contribution in [0, 0.1) is 6.92 Å². The van der Waals surface area contributed by atoms with Gasteiger partial charge in [0.2, 0.25) is 5.88 Å². The summed E-state index contributed by atoms with van der Waals surface area (Å²) < 4.78 is 5.64. The third kappa shape index (κ3) is 2.51. The van der Waals surface area contributed by atoms with Crippen LogP contribution >= 0.6 is 11.6 Å². The van der Waals surface area contributed by atoms with Crippen molar-refractivity contribution in [3.8, 4) is 11.6 Å². The summed E-state index contributed by atoms with van der Waals surface area (Å²) in [4.78, 5) is 12.1. The number of hydrogen-bond donors (Lipinski definition) is 1. The van der Waals surface area contributed by atoms with Crippen molar-refractivity contribution in [1.82, 2.24) is 15.0 Å². The number of pyridine rings is 1.